The van der Waals surface area contributed by atoms with Crippen LogP contribution in [-0.4, -0.2) is 30.2 Å². The molecule has 0 saturated carbocycles. The number of aliphatic hydroxyl groups excluding tert-OH is 1. The van der Waals surface area contributed by atoms with Gasteiger partial charge in [-0.05, 0) is 6.92 Å². The molecule has 0 aromatic heterocycles. The zero-order chi connectivity index (χ0) is 11.1. The first kappa shape index (κ1) is 12.5. The van der Waals surface area contributed by atoms with E-state index in [0.29, 0.717) is 17.9 Å². The number of carbonyl (C=O) groups is 1. The van der Waals surface area contributed by atoms with E-state index >= 15 is 0 Å². The summed E-state index contributed by atoms with van der Waals surface area (Å²) in [5.41, 5.74) is 6.05. The van der Waals surface area contributed by atoms with Gasteiger partial charge in [0.15, 0.2) is 0 Å². The normalized spacial score (nSPS) is 11.6. The van der Waals surface area contributed by atoms with Crippen molar-refractivity contribution in [3.8, 4) is 0 Å². The fourth-order valence-corrected chi connectivity index (χ4v) is 0.643. The highest BCUT2D eigenvalue weighted by molar-refractivity contribution is 5.76. The van der Waals surface area contributed by atoms with Crippen LogP contribution in [0.25, 0.3) is 0 Å². The maximum absolute atomic E-state index is 10.4. The Morgan fingerprint density at radius 1 is 1.43 bits per heavy atom. The third kappa shape index (κ3) is 6.07. The molecule has 5 nitrogen and oxygen atoms in total. The van der Waals surface area contributed by atoms with E-state index in [1.807, 2.05) is 0 Å². The van der Waals surface area contributed by atoms with Crippen LogP contribution in [0.5, 0.6) is 0 Å². The van der Waals surface area contributed by atoms with Crippen LogP contribution >= 0.6 is 0 Å². The first-order chi connectivity index (χ1) is 6.43. The number of primary amides is 1. The molecule has 0 aliphatic heterocycles. The molecule has 0 aromatic carbocycles. The molecule has 0 aliphatic rings. The Hall–Kier alpha value is -1.49. The van der Waals surface area contributed by atoms with Crippen molar-refractivity contribution in [2.45, 2.75) is 13.0 Å². The number of amides is 1. The Labute approximate surface area is 83.7 Å². The average molecular weight is 199 g/mol. The number of hydrogen-bond donors (Lipinski definition) is 4. The van der Waals surface area contributed by atoms with Crippen LogP contribution in [0.2, 0.25) is 0 Å². The zero-order valence-corrected chi connectivity index (χ0v) is 8.34. The summed E-state index contributed by atoms with van der Waals surface area (Å²) in [5, 5.41) is 14.6. The van der Waals surface area contributed by atoms with Gasteiger partial charge in [0.1, 0.15) is 0 Å². The van der Waals surface area contributed by atoms with Crippen LogP contribution in [0, 0.1) is 0 Å². The molecular formula is C9H17N3O2. The molecule has 0 heterocycles. The summed E-state index contributed by atoms with van der Waals surface area (Å²) in [6.07, 6.45) is -0.612. The highest BCUT2D eigenvalue weighted by atomic mass is 16.3. The first-order valence-corrected chi connectivity index (χ1v) is 4.24. The second kappa shape index (κ2) is 6.04. The van der Waals surface area contributed by atoms with Gasteiger partial charge in [-0.2, -0.15) is 0 Å². The highest BCUT2D eigenvalue weighted by Gasteiger charge is 2.01. The highest BCUT2D eigenvalue weighted by Crippen LogP contribution is 1.93. The lowest BCUT2D eigenvalue weighted by Crippen LogP contribution is -2.32. The van der Waals surface area contributed by atoms with Crippen molar-refractivity contribution in [2.75, 3.05) is 13.1 Å². The van der Waals surface area contributed by atoms with E-state index in [1.54, 1.807) is 6.92 Å². The lowest BCUT2D eigenvalue weighted by atomic mass is 10.3. The minimum Gasteiger partial charge on any atom is -0.387 e. The Bertz CT molecular complexity index is 236. The molecule has 0 saturated heterocycles. The van der Waals surface area contributed by atoms with Crippen LogP contribution in [0.4, 0.5) is 0 Å². The Morgan fingerprint density at radius 3 is 2.43 bits per heavy atom. The maximum Gasteiger partial charge on any atom is 0.236 e. The van der Waals surface area contributed by atoms with Gasteiger partial charge in [-0.15, -0.1) is 0 Å². The minimum atomic E-state index is -0.612. The molecule has 0 rings (SSSR count). The molecule has 0 spiro atoms. The van der Waals surface area contributed by atoms with Crippen molar-refractivity contribution in [2.24, 2.45) is 5.73 Å². The molecule has 14 heavy (non-hydrogen) atoms. The molecule has 5 heteroatoms. The summed E-state index contributed by atoms with van der Waals surface area (Å²) in [6.45, 7) is 9.32. The van der Waals surface area contributed by atoms with Crippen molar-refractivity contribution in [1.29, 1.82) is 0 Å². The van der Waals surface area contributed by atoms with Crippen LogP contribution in [0.1, 0.15) is 6.92 Å². The zero-order valence-electron chi connectivity index (χ0n) is 8.34. The molecular weight excluding hydrogens is 182 g/mol. The molecule has 0 radical (unpaired) electrons. The fourth-order valence-electron chi connectivity index (χ4n) is 0.643. The first-order valence-electron chi connectivity index (χ1n) is 4.24. The quantitative estimate of drug-likeness (QED) is 0.426. The van der Waals surface area contributed by atoms with Crippen molar-refractivity contribution in [3.05, 3.63) is 24.6 Å². The molecule has 0 bridgehead atoms. The van der Waals surface area contributed by atoms with Crippen LogP contribution in [0.15, 0.2) is 24.6 Å². The molecule has 5 N–H and O–H groups in total. The van der Waals surface area contributed by atoms with Gasteiger partial charge < -0.3 is 21.5 Å². The number of rotatable bonds is 7. The van der Waals surface area contributed by atoms with Crippen molar-refractivity contribution < 1.29 is 9.90 Å². The Balaban J connectivity index is 3.64. The minimum absolute atomic E-state index is 0.0572. The van der Waals surface area contributed by atoms with E-state index in [4.69, 9.17) is 10.8 Å². The van der Waals surface area contributed by atoms with Crippen molar-refractivity contribution in [3.63, 3.8) is 0 Å². The van der Waals surface area contributed by atoms with E-state index in [2.05, 4.69) is 23.8 Å². The van der Waals surface area contributed by atoms with Gasteiger partial charge in [0.2, 0.25) is 5.91 Å². The summed E-state index contributed by atoms with van der Waals surface area (Å²) >= 11 is 0. The maximum atomic E-state index is 10.4. The van der Waals surface area contributed by atoms with Crippen LogP contribution < -0.4 is 16.4 Å². The van der Waals surface area contributed by atoms with Gasteiger partial charge in [0, 0.05) is 11.4 Å². The predicted octanol–water partition coefficient (Wildman–Crippen LogP) is -0.941. The van der Waals surface area contributed by atoms with Gasteiger partial charge in [-0.3, -0.25) is 4.79 Å². The third-order valence-corrected chi connectivity index (χ3v) is 1.55. The molecule has 0 aromatic rings. The lowest BCUT2D eigenvalue weighted by Gasteiger charge is -2.13. The average Bonchev–Trinajstić information content (AvgIpc) is 2.10. The largest absolute Gasteiger partial charge is 0.387 e. The molecule has 1 unspecified atom stereocenters. The van der Waals surface area contributed by atoms with E-state index in [1.165, 1.54) is 0 Å². The number of aliphatic hydroxyl groups is 1. The lowest BCUT2D eigenvalue weighted by molar-refractivity contribution is -0.117. The predicted molar refractivity (Wildman–Crippen MR) is 55.2 cm³/mol. The Kier molecular flexibility index (Phi) is 5.40. The van der Waals surface area contributed by atoms with Gasteiger partial charge in [-0.25, -0.2) is 0 Å². The summed E-state index contributed by atoms with van der Waals surface area (Å²) in [7, 11) is 0. The number of hydrogen-bond acceptors (Lipinski definition) is 4. The summed E-state index contributed by atoms with van der Waals surface area (Å²) in [6, 6.07) is 0. The second-order valence-electron chi connectivity index (χ2n) is 2.98. The van der Waals surface area contributed by atoms with Crippen molar-refractivity contribution in [1.82, 2.24) is 10.6 Å². The van der Waals surface area contributed by atoms with Gasteiger partial charge in [-0.1, -0.05) is 13.2 Å². The summed E-state index contributed by atoms with van der Waals surface area (Å²) < 4.78 is 0. The fraction of sp³-hybridized carbons (Fsp3) is 0.444. The van der Waals surface area contributed by atoms with E-state index in [9.17, 15) is 4.79 Å². The molecule has 1 atom stereocenters. The van der Waals surface area contributed by atoms with Gasteiger partial charge in [0.25, 0.3) is 0 Å². The topological polar surface area (TPSA) is 87.4 Å². The SMILES string of the molecule is C=C(CNC(=C)C(C)O)NCC(N)=O. The molecule has 80 valence electrons. The van der Waals surface area contributed by atoms with Gasteiger partial charge in [0.05, 0.1) is 19.2 Å². The van der Waals surface area contributed by atoms with Crippen molar-refractivity contribution >= 4 is 5.91 Å². The smallest absolute Gasteiger partial charge is 0.236 e. The summed E-state index contributed by atoms with van der Waals surface area (Å²) in [5.74, 6) is -0.444. The standard InChI is InChI=1S/C9H17N3O2/c1-6(11-5-9(10)14)4-12-7(2)8(3)13/h8,11-13H,1-2,4-5H2,3H3,(H2,10,14). The van der Waals surface area contributed by atoms with E-state index in [0.717, 1.165) is 0 Å². The van der Waals surface area contributed by atoms with Crippen LogP contribution in [0.3, 0.4) is 0 Å². The molecule has 0 fully saturated rings. The van der Waals surface area contributed by atoms with E-state index in [-0.39, 0.29) is 6.54 Å². The summed E-state index contributed by atoms with van der Waals surface area (Å²) in [4.78, 5) is 10.4. The third-order valence-electron chi connectivity index (χ3n) is 1.55. The monoisotopic (exact) mass is 199 g/mol. The van der Waals surface area contributed by atoms with E-state index < -0.39 is 12.0 Å². The Morgan fingerprint density at radius 2 is 2.00 bits per heavy atom. The number of nitrogens with two attached hydrogens (primary N) is 1. The van der Waals surface area contributed by atoms with Crippen LogP contribution in [-0.2, 0) is 4.79 Å². The van der Waals surface area contributed by atoms with Gasteiger partial charge >= 0.3 is 0 Å². The number of nitrogens with one attached hydrogen (secondary N) is 2. The number of carbonyl (C=O) groups excluding carboxylic acids is 1. The second-order valence-corrected chi connectivity index (χ2v) is 2.98. The molecule has 0 aliphatic carbocycles. The molecule has 1 amide bonds.